The van der Waals surface area contributed by atoms with Crippen molar-refractivity contribution in [3.8, 4) is 16.9 Å². The lowest BCUT2D eigenvalue weighted by Crippen LogP contribution is -2.57. The molecule has 85 heavy (non-hydrogen) atoms. The lowest BCUT2D eigenvalue weighted by Gasteiger charge is -2.28. The van der Waals surface area contributed by atoms with Crippen molar-refractivity contribution in [2.24, 2.45) is 0 Å². The van der Waals surface area contributed by atoms with Gasteiger partial charge in [-0.2, -0.15) is 0 Å². The van der Waals surface area contributed by atoms with Gasteiger partial charge in [0.05, 0.1) is 23.2 Å². The molecule has 1 heterocycles. The smallest absolute Gasteiger partial charge is 0.426 e. The number of ketones is 2. The van der Waals surface area contributed by atoms with Gasteiger partial charge in [0, 0.05) is 49.4 Å². The molecule has 1 aliphatic heterocycles. The Labute approximate surface area is 497 Å². The van der Waals surface area contributed by atoms with E-state index in [9.17, 15) is 51.9 Å². The molecular formula is C63H81N7O14S. The molecule has 0 saturated carbocycles. The number of carbonyl (C=O) groups excluding carboxylic acids is 7. The van der Waals surface area contributed by atoms with E-state index in [1.165, 1.54) is 6.92 Å². The number of carboxylic acids is 1. The van der Waals surface area contributed by atoms with Gasteiger partial charge < -0.3 is 46.0 Å². The number of fused-ring (bicyclic) bond motifs is 4. The van der Waals surface area contributed by atoms with Crippen molar-refractivity contribution in [2.45, 2.75) is 180 Å². The second-order valence-electron chi connectivity index (χ2n) is 23.5. The molecule has 4 aromatic carbocycles. The first kappa shape index (κ1) is 66.0. The van der Waals surface area contributed by atoms with Crippen molar-refractivity contribution < 1.29 is 66.1 Å². The third-order valence-electron chi connectivity index (χ3n) is 14.8. The fraction of sp³-hybridized carbons (Fsp3) is 0.476. The molecule has 3 atom stereocenters. The molecule has 21 nitrogen and oxygen atoms in total. The molecule has 4 aromatic rings. The van der Waals surface area contributed by atoms with E-state index in [0.29, 0.717) is 35.3 Å². The molecule has 0 saturated heterocycles. The zero-order valence-corrected chi connectivity index (χ0v) is 50.8. The topological polar surface area (TPSA) is 306 Å². The van der Waals surface area contributed by atoms with Crippen LogP contribution in [0.2, 0.25) is 0 Å². The van der Waals surface area contributed by atoms with Crippen LogP contribution in [0.3, 0.4) is 0 Å². The second kappa shape index (κ2) is 29.1. The van der Waals surface area contributed by atoms with Gasteiger partial charge in [-0.3, -0.25) is 19.2 Å². The highest BCUT2D eigenvalue weighted by molar-refractivity contribution is 7.92. The highest BCUT2D eigenvalue weighted by Gasteiger charge is 2.38. The number of unbranched alkanes of at least 4 members (excludes halogenated alkanes) is 2. The molecule has 1 aliphatic carbocycles. The van der Waals surface area contributed by atoms with Gasteiger partial charge in [0.2, 0.25) is 11.8 Å². The van der Waals surface area contributed by atoms with Gasteiger partial charge in [0.25, 0.3) is 0 Å². The molecule has 458 valence electrons. The summed E-state index contributed by atoms with van der Waals surface area (Å²) in [6, 6.07) is 19.2. The number of sulfone groups is 1. The SMILES string of the molecule is CC(=O)C[C@H](NC(=O)CCC(=O)[C@H](CCCCC(=N)CS(=O)(=O)c1c(C)c(C)c2c(c1C)CC(C)(C)O2)NC(=O)[C@H](CCCCNC(=O)OC(C)(C)C)NC(=O)N(Cc1ccccc1)NC(=O)OCC1c2ccccc2-c2ccccc21)C(=O)O. The Morgan fingerprint density at radius 3 is 1.99 bits per heavy atom. The normalized spacial score (nSPS) is 14.2. The van der Waals surface area contributed by atoms with Crippen LogP contribution in [0.1, 0.15) is 151 Å². The number of carbonyl (C=O) groups is 8. The standard InChI is InChI=1S/C63H81N7O14S/c1-38(71)33-52(58(75)76)66-54(73)31-30-53(72)50(28-18-13-23-43(64)37-85(80,81)56-40(3)39(2)55-48(41(56)4)34-63(8,9)83-55)67-57(74)51(29-19-20-32-65-60(78)84-62(5,6)7)68-59(77)70(35-42-21-11-10-12-22-42)69-61(79)82-36-49-46-26-16-14-24-44(46)45-25-15-17-27-47(45)49/h10-12,14-17,21-22,24-27,49-52,64H,13,18-20,23,28-37H2,1-9H3,(H,65,78)(H,66,73)(H,67,74)(H,68,77)(H,69,79)(H,75,76)/t50-,51-,52-/m0/s1. The van der Waals surface area contributed by atoms with Crippen molar-refractivity contribution in [2.75, 3.05) is 18.9 Å². The minimum atomic E-state index is -4.00. The number of nitrogens with one attached hydrogen (secondary N) is 6. The van der Waals surface area contributed by atoms with E-state index in [4.69, 9.17) is 19.6 Å². The number of benzene rings is 4. The number of hydrazine groups is 1. The van der Waals surface area contributed by atoms with E-state index in [0.717, 1.165) is 38.4 Å². The Bertz CT molecular complexity index is 3220. The summed E-state index contributed by atoms with van der Waals surface area (Å²) in [5.74, 6) is -4.42. The van der Waals surface area contributed by atoms with Crippen LogP contribution < -0.4 is 31.4 Å². The zero-order valence-electron chi connectivity index (χ0n) is 50.0. The molecule has 7 N–H and O–H groups in total. The van der Waals surface area contributed by atoms with Gasteiger partial charge in [0.1, 0.15) is 41.4 Å². The first-order valence-electron chi connectivity index (χ1n) is 28.7. The van der Waals surface area contributed by atoms with Crippen molar-refractivity contribution in [3.63, 3.8) is 0 Å². The fourth-order valence-corrected chi connectivity index (χ4v) is 12.6. The van der Waals surface area contributed by atoms with Crippen molar-refractivity contribution >= 4 is 63.1 Å². The molecule has 6 rings (SSSR count). The molecule has 0 bridgehead atoms. The van der Waals surface area contributed by atoms with Crippen LogP contribution in [0.25, 0.3) is 11.1 Å². The molecule has 6 amide bonds. The van der Waals surface area contributed by atoms with Crippen LogP contribution in [0, 0.1) is 26.2 Å². The predicted octanol–water partition coefficient (Wildman–Crippen LogP) is 8.79. The number of urea groups is 1. The minimum absolute atomic E-state index is 0.0192. The van der Waals surface area contributed by atoms with Gasteiger partial charge in [-0.1, -0.05) is 85.3 Å². The lowest BCUT2D eigenvalue weighted by atomic mass is 9.94. The number of rotatable bonds is 28. The Balaban J connectivity index is 1.20. The van der Waals surface area contributed by atoms with Crippen LogP contribution in [0.15, 0.2) is 83.8 Å². The highest BCUT2D eigenvalue weighted by Crippen LogP contribution is 2.45. The lowest BCUT2D eigenvalue weighted by molar-refractivity contribution is -0.143. The Hall–Kier alpha value is -8.14. The van der Waals surface area contributed by atoms with Crippen LogP contribution in [-0.4, -0.2) is 120 Å². The highest BCUT2D eigenvalue weighted by atomic mass is 32.2. The number of nitrogens with zero attached hydrogens (tertiary/aromatic N) is 1. The predicted molar refractivity (Wildman–Crippen MR) is 319 cm³/mol. The number of hydrogen-bond donors (Lipinski definition) is 7. The number of hydrogen-bond acceptors (Lipinski definition) is 14. The van der Waals surface area contributed by atoms with Crippen molar-refractivity contribution in [1.29, 1.82) is 5.41 Å². The Morgan fingerprint density at radius 1 is 0.753 bits per heavy atom. The number of Topliss-reactive ketones (excluding diaryl/α,β-unsaturated/α-hetero) is 2. The maximum atomic E-state index is 14.7. The summed E-state index contributed by atoms with van der Waals surface area (Å²) in [5.41, 5.74) is 8.45. The number of aliphatic carboxylic acids is 1. The summed E-state index contributed by atoms with van der Waals surface area (Å²) in [6.45, 7) is 15.4. The molecule has 0 unspecified atom stereocenters. The van der Waals surface area contributed by atoms with E-state index < -0.39 is 112 Å². The monoisotopic (exact) mass is 1190 g/mol. The van der Waals surface area contributed by atoms with Gasteiger partial charge >= 0.3 is 24.2 Å². The summed E-state index contributed by atoms with van der Waals surface area (Å²) < 4.78 is 45.5. The van der Waals surface area contributed by atoms with E-state index in [1.54, 1.807) is 65.0 Å². The van der Waals surface area contributed by atoms with Crippen LogP contribution in [0.4, 0.5) is 14.4 Å². The first-order chi connectivity index (χ1) is 40.0. The minimum Gasteiger partial charge on any atom is -0.487 e. The molecule has 0 radical (unpaired) electrons. The Kier molecular flexibility index (Phi) is 22.6. The quantitative estimate of drug-likeness (QED) is 0.0159. The summed E-state index contributed by atoms with van der Waals surface area (Å²) >= 11 is 0. The Morgan fingerprint density at radius 2 is 1.36 bits per heavy atom. The number of carboxylic acid groups (broad SMARTS) is 1. The molecule has 22 heteroatoms. The number of amides is 6. The molecule has 0 spiro atoms. The van der Waals surface area contributed by atoms with E-state index in [-0.39, 0.29) is 74.7 Å². The van der Waals surface area contributed by atoms with Gasteiger partial charge in [-0.25, -0.2) is 38.0 Å². The van der Waals surface area contributed by atoms with E-state index >= 15 is 0 Å². The van der Waals surface area contributed by atoms with Crippen molar-refractivity contribution in [1.82, 2.24) is 31.7 Å². The van der Waals surface area contributed by atoms with E-state index in [2.05, 4.69) is 26.7 Å². The van der Waals surface area contributed by atoms with Gasteiger partial charge in [-0.05, 0) is 145 Å². The van der Waals surface area contributed by atoms with Crippen molar-refractivity contribution in [3.05, 3.63) is 118 Å². The second-order valence-corrected chi connectivity index (χ2v) is 25.4. The van der Waals surface area contributed by atoms with Crippen LogP contribution in [-0.2, 0) is 56.2 Å². The number of alkyl carbamates (subject to hydrolysis) is 1. The third-order valence-corrected chi connectivity index (χ3v) is 16.8. The van der Waals surface area contributed by atoms with E-state index in [1.807, 2.05) is 69.3 Å². The van der Waals surface area contributed by atoms with Gasteiger partial charge in [-0.15, -0.1) is 0 Å². The van der Waals surface area contributed by atoms with Crippen LogP contribution >= 0.6 is 0 Å². The zero-order chi connectivity index (χ0) is 62.4. The number of ether oxygens (including phenoxy) is 3. The molecule has 0 aromatic heterocycles. The summed E-state index contributed by atoms with van der Waals surface area (Å²) in [5, 5.41) is 29.8. The first-order valence-corrected chi connectivity index (χ1v) is 30.3. The summed E-state index contributed by atoms with van der Waals surface area (Å²) in [7, 11) is -4.00. The largest absolute Gasteiger partial charge is 0.487 e. The third kappa shape index (κ3) is 18.7. The van der Waals surface area contributed by atoms with Gasteiger partial charge in [0.15, 0.2) is 15.6 Å². The maximum Gasteiger partial charge on any atom is 0.426 e. The maximum absolute atomic E-state index is 14.7. The average molecular weight is 1190 g/mol. The fourth-order valence-electron chi connectivity index (χ4n) is 10.7. The summed E-state index contributed by atoms with van der Waals surface area (Å²) in [4.78, 5) is 106. The molecular weight excluding hydrogens is 1110 g/mol. The molecule has 2 aliphatic rings. The average Bonchev–Trinajstić information content (AvgIpc) is 1.86. The summed E-state index contributed by atoms with van der Waals surface area (Å²) in [6.07, 6.45) is -1.74. The molecule has 0 fully saturated rings. The van der Waals surface area contributed by atoms with Crippen LogP contribution in [0.5, 0.6) is 5.75 Å².